The highest BCUT2D eigenvalue weighted by atomic mass is 32.2. The normalized spacial score (nSPS) is 18.4. The van der Waals surface area contributed by atoms with E-state index in [4.69, 9.17) is 4.74 Å². The molecule has 0 aliphatic carbocycles. The fourth-order valence-electron chi connectivity index (χ4n) is 2.17. The van der Waals surface area contributed by atoms with E-state index in [1.807, 2.05) is 31.2 Å². The third-order valence-corrected chi connectivity index (χ3v) is 3.75. The van der Waals surface area contributed by atoms with Gasteiger partial charge in [-0.15, -0.1) is 0 Å². The van der Waals surface area contributed by atoms with E-state index < -0.39 is 0 Å². The number of nitrogens with zero attached hydrogens (tertiary/aromatic N) is 3. The number of carbonyl (C=O) groups is 1. The molecule has 1 aromatic rings. The molecular formula is C13H21N5O2S. The maximum Gasteiger partial charge on any atom is 0.245 e. The number of rotatable bonds is 5. The van der Waals surface area contributed by atoms with Crippen molar-refractivity contribution in [3.05, 3.63) is 6.07 Å². The zero-order valence-electron chi connectivity index (χ0n) is 12.5. The van der Waals surface area contributed by atoms with Crippen molar-refractivity contribution in [2.24, 2.45) is 0 Å². The summed E-state index contributed by atoms with van der Waals surface area (Å²) in [6.45, 7) is 4.10. The first-order valence-corrected chi connectivity index (χ1v) is 8.15. The zero-order chi connectivity index (χ0) is 15.2. The summed E-state index contributed by atoms with van der Waals surface area (Å²) >= 11 is 1.48. The Morgan fingerprint density at radius 2 is 2.38 bits per heavy atom. The lowest BCUT2D eigenvalue weighted by atomic mass is 10.2. The highest BCUT2D eigenvalue weighted by Gasteiger charge is 2.30. The molecular weight excluding hydrogens is 290 g/mol. The smallest absolute Gasteiger partial charge is 0.245 e. The monoisotopic (exact) mass is 311 g/mol. The molecule has 1 aromatic heterocycles. The lowest BCUT2D eigenvalue weighted by Crippen LogP contribution is -2.54. The Hall–Kier alpha value is -1.54. The lowest BCUT2D eigenvalue weighted by molar-refractivity contribution is -0.124. The van der Waals surface area contributed by atoms with Crippen molar-refractivity contribution in [2.75, 3.05) is 49.8 Å². The number of morpholine rings is 1. The van der Waals surface area contributed by atoms with E-state index in [9.17, 15) is 4.79 Å². The van der Waals surface area contributed by atoms with Crippen molar-refractivity contribution in [3.63, 3.8) is 0 Å². The first-order chi connectivity index (χ1) is 10.2. The molecule has 2 N–H and O–H groups in total. The van der Waals surface area contributed by atoms with E-state index >= 15 is 0 Å². The molecule has 1 atom stereocenters. The van der Waals surface area contributed by atoms with Crippen LogP contribution in [0.1, 0.15) is 6.92 Å². The van der Waals surface area contributed by atoms with Crippen LogP contribution in [-0.4, -0.2) is 61.5 Å². The number of aromatic nitrogens is 2. The molecule has 0 saturated carbocycles. The predicted octanol–water partition coefficient (Wildman–Crippen LogP) is 0.581. The Kier molecular flexibility index (Phi) is 5.63. The maximum atomic E-state index is 12.2. The third kappa shape index (κ3) is 3.76. The van der Waals surface area contributed by atoms with E-state index in [-0.39, 0.29) is 11.9 Å². The first kappa shape index (κ1) is 15.8. The number of carbonyl (C=O) groups excluding carboxylic acids is 1. The minimum Gasteiger partial charge on any atom is -0.377 e. The van der Waals surface area contributed by atoms with Crippen molar-refractivity contribution in [2.45, 2.75) is 18.1 Å². The van der Waals surface area contributed by atoms with Crippen molar-refractivity contribution in [3.8, 4) is 0 Å². The van der Waals surface area contributed by atoms with Crippen LogP contribution in [-0.2, 0) is 9.53 Å². The second kappa shape index (κ2) is 7.46. The zero-order valence-corrected chi connectivity index (χ0v) is 13.4. The number of ether oxygens (including phenoxy) is 1. The Bertz CT molecular complexity index is 477. The third-order valence-electron chi connectivity index (χ3n) is 3.21. The van der Waals surface area contributed by atoms with Crippen LogP contribution in [0.5, 0.6) is 0 Å². The molecule has 0 radical (unpaired) electrons. The van der Waals surface area contributed by atoms with Gasteiger partial charge in [-0.3, -0.25) is 4.79 Å². The molecule has 21 heavy (non-hydrogen) atoms. The average Bonchev–Trinajstić information content (AvgIpc) is 2.54. The quantitative estimate of drug-likeness (QED) is 0.608. The van der Waals surface area contributed by atoms with E-state index in [0.29, 0.717) is 31.5 Å². The Balaban J connectivity index is 2.30. The Morgan fingerprint density at radius 3 is 3.05 bits per heavy atom. The van der Waals surface area contributed by atoms with E-state index in [1.165, 1.54) is 11.8 Å². The van der Waals surface area contributed by atoms with Gasteiger partial charge in [0, 0.05) is 26.2 Å². The summed E-state index contributed by atoms with van der Waals surface area (Å²) in [6, 6.07) is 1.50. The van der Waals surface area contributed by atoms with E-state index in [2.05, 4.69) is 20.6 Å². The average molecular weight is 311 g/mol. The molecule has 116 valence electrons. The fraction of sp³-hybridized carbons (Fsp3) is 0.615. The van der Waals surface area contributed by atoms with Gasteiger partial charge in [-0.05, 0) is 13.2 Å². The molecule has 1 unspecified atom stereocenters. The molecule has 1 aliphatic heterocycles. The molecule has 1 aliphatic rings. The summed E-state index contributed by atoms with van der Waals surface area (Å²) in [5.41, 5.74) is 0. The molecule has 2 rings (SSSR count). The van der Waals surface area contributed by atoms with Gasteiger partial charge in [-0.1, -0.05) is 11.8 Å². The highest BCUT2D eigenvalue weighted by Crippen LogP contribution is 2.23. The maximum absolute atomic E-state index is 12.2. The van der Waals surface area contributed by atoms with Gasteiger partial charge >= 0.3 is 0 Å². The van der Waals surface area contributed by atoms with Crippen molar-refractivity contribution < 1.29 is 9.53 Å². The summed E-state index contributed by atoms with van der Waals surface area (Å²) in [4.78, 5) is 23.0. The molecule has 2 heterocycles. The molecule has 0 aromatic carbocycles. The van der Waals surface area contributed by atoms with Crippen molar-refractivity contribution in [1.29, 1.82) is 0 Å². The molecule has 1 fully saturated rings. The second-order valence-corrected chi connectivity index (χ2v) is 5.30. The second-order valence-electron chi connectivity index (χ2n) is 4.53. The van der Waals surface area contributed by atoms with Crippen LogP contribution < -0.4 is 15.5 Å². The Labute approximate surface area is 128 Å². The fourth-order valence-corrected chi connectivity index (χ4v) is 2.54. The largest absolute Gasteiger partial charge is 0.377 e. The van der Waals surface area contributed by atoms with Crippen LogP contribution in [0.15, 0.2) is 11.2 Å². The van der Waals surface area contributed by atoms with Crippen LogP contribution in [0.3, 0.4) is 0 Å². The van der Waals surface area contributed by atoms with Crippen LogP contribution in [0.2, 0.25) is 0 Å². The van der Waals surface area contributed by atoms with Gasteiger partial charge in [0.25, 0.3) is 0 Å². The number of likely N-dealkylation sites (N-methyl/N-ethyl adjacent to an activating group) is 1. The van der Waals surface area contributed by atoms with Gasteiger partial charge in [0.05, 0.1) is 13.2 Å². The molecule has 7 nitrogen and oxygen atoms in total. The SMILES string of the molecule is CCNC(=O)C1COCCN1c1cc(NC)nc(SC)n1. The first-order valence-electron chi connectivity index (χ1n) is 6.92. The standard InChI is InChI=1S/C13H21N5O2S/c1-4-15-12(19)9-8-20-6-5-18(9)11-7-10(14-2)16-13(17-11)21-3/h7,9H,4-6,8H2,1-3H3,(H,15,19)(H,14,16,17). The minimum atomic E-state index is -0.354. The number of nitrogens with one attached hydrogen (secondary N) is 2. The summed E-state index contributed by atoms with van der Waals surface area (Å²) in [7, 11) is 1.82. The lowest BCUT2D eigenvalue weighted by Gasteiger charge is -2.35. The summed E-state index contributed by atoms with van der Waals surface area (Å²) in [6.07, 6.45) is 1.93. The van der Waals surface area contributed by atoms with Gasteiger partial charge in [0.15, 0.2) is 5.16 Å². The molecule has 1 amide bonds. The molecule has 0 bridgehead atoms. The van der Waals surface area contributed by atoms with Gasteiger partial charge < -0.3 is 20.3 Å². The minimum absolute atomic E-state index is 0.0347. The van der Waals surface area contributed by atoms with Gasteiger partial charge in [-0.2, -0.15) is 0 Å². The number of hydrogen-bond acceptors (Lipinski definition) is 7. The molecule has 0 spiro atoms. The van der Waals surface area contributed by atoms with Gasteiger partial charge in [-0.25, -0.2) is 9.97 Å². The van der Waals surface area contributed by atoms with E-state index in [1.54, 1.807) is 0 Å². The van der Waals surface area contributed by atoms with E-state index in [0.717, 1.165) is 11.6 Å². The topological polar surface area (TPSA) is 79.4 Å². The predicted molar refractivity (Wildman–Crippen MR) is 84.0 cm³/mol. The highest BCUT2D eigenvalue weighted by molar-refractivity contribution is 7.98. The van der Waals surface area contributed by atoms with Crippen LogP contribution >= 0.6 is 11.8 Å². The number of anilines is 2. The van der Waals surface area contributed by atoms with Crippen LogP contribution in [0.25, 0.3) is 0 Å². The van der Waals surface area contributed by atoms with Crippen molar-refractivity contribution in [1.82, 2.24) is 15.3 Å². The van der Waals surface area contributed by atoms with Crippen LogP contribution in [0, 0.1) is 0 Å². The Morgan fingerprint density at radius 1 is 1.57 bits per heavy atom. The number of thioether (sulfide) groups is 1. The van der Waals surface area contributed by atoms with Gasteiger partial charge in [0.1, 0.15) is 17.7 Å². The summed E-state index contributed by atoms with van der Waals surface area (Å²) in [5.74, 6) is 1.45. The molecule has 8 heteroatoms. The summed E-state index contributed by atoms with van der Waals surface area (Å²) < 4.78 is 5.45. The number of hydrogen-bond donors (Lipinski definition) is 2. The van der Waals surface area contributed by atoms with Crippen molar-refractivity contribution >= 4 is 29.3 Å². The molecule has 1 saturated heterocycles. The van der Waals surface area contributed by atoms with Gasteiger partial charge in [0.2, 0.25) is 5.91 Å². The number of amides is 1. The summed E-state index contributed by atoms with van der Waals surface area (Å²) in [5, 5.41) is 6.55. The van der Waals surface area contributed by atoms with Crippen LogP contribution in [0.4, 0.5) is 11.6 Å².